The van der Waals surface area contributed by atoms with E-state index in [-0.39, 0.29) is 11.8 Å². The van der Waals surface area contributed by atoms with Gasteiger partial charge in [-0.1, -0.05) is 13.0 Å². The van der Waals surface area contributed by atoms with E-state index in [1.54, 1.807) is 0 Å². The fourth-order valence-corrected chi connectivity index (χ4v) is 2.43. The van der Waals surface area contributed by atoms with Crippen molar-refractivity contribution in [3.63, 3.8) is 0 Å². The maximum Gasteiger partial charge on any atom is 0.122 e. The number of nitrogens with zero attached hydrogens (tertiary/aromatic N) is 1. The summed E-state index contributed by atoms with van der Waals surface area (Å²) in [6.07, 6.45) is 1.04. The first-order chi connectivity index (χ1) is 8.63. The Morgan fingerprint density at radius 1 is 1.56 bits per heavy atom. The molecule has 0 amide bonds. The third-order valence-corrected chi connectivity index (χ3v) is 3.54. The highest BCUT2D eigenvalue weighted by atomic mass is 16.5. The van der Waals surface area contributed by atoms with Crippen LogP contribution in [0.15, 0.2) is 18.2 Å². The van der Waals surface area contributed by atoms with Crippen LogP contribution in [-0.4, -0.2) is 30.9 Å². The zero-order chi connectivity index (χ0) is 13.1. The van der Waals surface area contributed by atoms with E-state index >= 15 is 0 Å². The van der Waals surface area contributed by atoms with Crippen molar-refractivity contribution in [1.29, 1.82) is 0 Å². The van der Waals surface area contributed by atoms with Crippen molar-refractivity contribution >= 4 is 5.69 Å². The summed E-state index contributed by atoms with van der Waals surface area (Å²) in [4.78, 5) is 2.30. The lowest BCUT2D eigenvalue weighted by atomic mass is 10.1. The highest BCUT2D eigenvalue weighted by Gasteiger charge is 2.22. The number of anilines is 1. The summed E-state index contributed by atoms with van der Waals surface area (Å²) < 4.78 is 5.49. The maximum atomic E-state index is 10.0. The molecule has 0 aliphatic carbocycles. The Morgan fingerprint density at radius 2 is 2.33 bits per heavy atom. The number of ether oxygens (including phenoxy) is 1. The summed E-state index contributed by atoms with van der Waals surface area (Å²) in [5, 5.41) is 10.0. The largest absolute Gasteiger partial charge is 0.508 e. The zero-order valence-electron chi connectivity index (χ0n) is 11.1. The van der Waals surface area contributed by atoms with E-state index in [1.165, 1.54) is 0 Å². The minimum Gasteiger partial charge on any atom is -0.508 e. The highest BCUT2D eigenvalue weighted by Crippen LogP contribution is 2.30. The molecule has 1 aromatic rings. The summed E-state index contributed by atoms with van der Waals surface area (Å²) >= 11 is 0. The number of morpholine rings is 1. The molecule has 0 radical (unpaired) electrons. The molecule has 1 heterocycles. The SMILES string of the molecule is CCC1COCCN1c1ccc(C(C)N)c(O)c1. The quantitative estimate of drug-likeness (QED) is 0.861. The average Bonchev–Trinajstić information content (AvgIpc) is 2.38. The molecule has 4 nitrogen and oxygen atoms in total. The van der Waals surface area contributed by atoms with Crippen molar-refractivity contribution in [1.82, 2.24) is 0 Å². The van der Waals surface area contributed by atoms with Gasteiger partial charge in [-0.3, -0.25) is 0 Å². The predicted octanol–water partition coefficient (Wildman–Crippen LogP) is 2.03. The molecule has 100 valence electrons. The Bertz CT molecular complexity index is 407. The second-order valence-electron chi connectivity index (χ2n) is 4.86. The van der Waals surface area contributed by atoms with Gasteiger partial charge in [0.2, 0.25) is 0 Å². The van der Waals surface area contributed by atoms with Crippen molar-refractivity contribution < 1.29 is 9.84 Å². The van der Waals surface area contributed by atoms with Gasteiger partial charge >= 0.3 is 0 Å². The van der Waals surface area contributed by atoms with Gasteiger partial charge in [-0.05, 0) is 19.4 Å². The first kappa shape index (κ1) is 13.2. The Morgan fingerprint density at radius 3 is 2.94 bits per heavy atom. The highest BCUT2D eigenvalue weighted by molar-refractivity contribution is 5.55. The van der Waals surface area contributed by atoms with E-state index in [2.05, 4.69) is 11.8 Å². The Kier molecular flexibility index (Phi) is 4.09. The van der Waals surface area contributed by atoms with Crippen molar-refractivity contribution in [2.75, 3.05) is 24.7 Å². The lowest BCUT2D eigenvalue weighted by Crippen LogP contribution is -2.45. The van der Waals surface area contributed by atoms with E-state index in [4.69, 9.17) is 10.5 Å². The molecule has 0 saturated carbocycles. The summed E-state index contributed by atoms with van der Waals surface area (Å²) in [7, 11) is 0. The van der Waals surface area contributed by atoms with Crippen LogP contribution in [0.25, 0.3) is 0 Å². The number of nitrogens with two attached hydrogens (primary N) is 1. The molecule has 0 bridgehead atoms. The fraction of sp³-hybridized carbons (Fsp3) is 0.571. The lowest BCUT2D eigenvalue weighted by Gasteiger charge is -2.37. The number of aromatic hydroxyl groups is 1. The van der Waals surface area contributed by atoms with E-state index in [0.717, 1.165) is 37.4 Å². The number of benzene rings is 1. The summed E-state index contributed by atoms with van der Waals surface area (Å²) in [6, 6.07) is 6.00. The van der Waals surface area contributed by atoms with Crippen LogP contribution in [-0.2, 0) is 4.74 Å². The number of hydrogen-bond donors (Lipinski definition) is 2. The molecule has 1 saturated heterocycles. The standard InChI is InChI=1S/C14H22N2O2/c1-3-11-9-18-7-6-16(11)12-4-5-13(10(2)15)14(17)8-12/h4-5,8,10-11,17H,3,6-7,9,15H2,1-2H3. The third-order valence-electron chi connectivity index (χ3n) is 3.54. The molecular formula is C14H22N2O2. The first-order valence-electron chi connectivity index (χ1n) is 6.56. The van der Waals surface area contributed by atoms with Crippen molar-refractivity contribution in [2.45, 2.75) is 32.4 Å². The summed E-state index contributed by atoms with van der Waals surface area (Å²) in [5.41, 5.74) is 7.64. The molecule has 0 spiro atoms. The van der Waals surface area contributed by atoms with Gasteiger partial charge in [0.05, 0.1) is 19.3 Å². The van der Waals surface area contributed by atoms with Crippen LogP contribution in [0.5, 0.6) is 5.75 Å². The average molecular weight is 250 g/mol. The van der Waals surface area contributed by atoms with E-state index < -0.39 is 0 Å². The molecule has 2 unspecified atom stereocenters. The lowest BCUT2D eigenvalue weighted by molar-refractivity contribution is 0.0930. The Labute approximate surface area is 108 Å². The third kappa shape index (κ3) is 2.60. The van der Waals surface area contributed by atoms with Crippen molar-refractivity contribution in [3.05, 3.63) is 23.8 Å². The van der Waals surface area contributed by atoms with Crippen molar-refractivity contribution in [2.24, 2.45) is 5.73 Å². The van der Waals surface area contributed by atoms with Crippen LogP contribution in [0.2, 0.25) is 0 Å². The van der Waals surface area contributed by atoms with Crippen LogP contribution in [0, 0.1) is 0 Å². The second-order valence-corrected chi connectivity index (χ2v) is 4.86. The smallest absolute Gasteiger partial charge is 0.122 e. The van der Waals surface area contributed by atoms with Crippen LogP contribution >= 0.6 is 0 Å². The normalized spacial score (nSPS) is 21.9. The second kappa shape index (κ2) is 5.59. The molecule has 4 heteroatoms. The molecule has 2 rings (SSSR count). The molecule has 1 aromatic carbocycles. The van der Waals surface area contributed by atoms with Crippen molar-refractivity contribution in [3.8, 4) is 5.75 Å². The summed E-state index contributed by atoms with van der Waals surface area (Å²) in [5.74, 6) is 0.281. The number of rotatable bonds is 3. The van der Waals surface area contributed by atoms with Gasteiger partial charge in [0.1, 0.15) is 5.75 Å². The zero-order valence-corrected chi connectivity index (χ0v) is 11.1. The topological polar surface area (TPSA) is 58.7 Å². The minimum absolute atomic E-state index is 0.147. The molecule has 0 aromatic heterocycles. The van der Waals surface area contributed by atoms with Gasteiger partial charge < -0.3 is 20.5 Å². The first-order valence-corrected chi connectivity index (χ1v) is 6.56. The molecule has 3 N–H and O–H groups in total. The maximum absolute atomic E-state index is 10.0. The van der Waals surface area contributed by atoms with Crippen LogP contribution in [0.1, 0.15) is 31.9 Å². The molecule has 1 fully saturated rings. The molecule has 1 aliphatic rings. The van der Waals surface area contributed by atoms with E-state index in [0.29, 0.717) is 6.04 Å². The molecule has 18 heavy (non-hydrogen) atoms. The molecule has 2 atom stereocenters. The number of phenolic OH excluding ortho intramolecular Hbond substituents is 1. The van der Waals surface area contributed by atoms with Gasteiger partial charge in [0, 0.05) is 29.9 Å². The Balaban J connectivity index is 2.24. The van der Waals surface area contributed by atoms with Crippen LogP contribution < -0.4 is 10.6 Å². The van der Waals surface area contributed by atoms with Gasteiger partial charge in [-0.25, -0.2) is 0 Å². The van der Waals surface area contributed by atoms with E-state index in [1.807, 2.05) is 25.1 Å². The predicted molar refractivity (Wildman–Crippen MR) is 73.0 cm³/mol. The van der Waals surface area contributed by atoms with Crippen LogP contribution in [0.4, 0.5) is 5.69 Å². The molecule has 1 aliphatic heterocycles. The molecular weight excluding hydrogens is 228 g/mol. The van der Waals surface area contributed by atoms with E-state index in [9.17, 15) is 5.11 Å². The van der Waals surface area contributed by atoms with Gasteiger partial charge in [-0.2, -0.15) is 0 Å². The summed E-state index contributed by atoms with van der Waals surface area (Å²) in [6.45, 7) is 6.40. The van der Waals surface area contributed by atoms with Gasteiger partial charge in [-0.15, -0.1) is 0 Å². The van der Waals surface area contributed by atoms with Crippen LogP contribution in [0.3, 0.4) is 0 Å². The van der Waals surface area contributed by atoms with Gasteiger partial charge in [0.25, 0.3) is 0 Å². The monoisotopic (exact) mass is 250 g/mol. The number of hydrogen-bond acceptors (Lipinski definition) is 4. The fourth-order valence-electron chi connectivity index (χ4n) is 2.43. The number of phenols is 1. The minimum atomic E-state index is -0.147. The van der Waals surface area contributed by atoms with Gasteiger partial charge in [0.15, 0.2) is 0 Å². The Hall–Kier alpha value is -1.26.